The molecular weight excluding hydrogens is 164 g/mol. The number of nitrogens with zero attached hydrogens (tertiary/aromatic N) is 2. The average molecular weight is 178 g/mol. The molecule has 0 amide bonds. The molecule has 0 saturated heterocycles. The summed E-state index contributed by atoms with van der Waals surface area (Å²) in [5, 5.41) is 4.46. The van der Waals surface area contributed by atoms with E-state index in [-0.39, 0.29) is 0 Å². The van der Waals surface area contributed by atoms with E-state index in [9.17, 15) is 4.91 Å². The van der Waals surface area contributed by atoms with Crippen LogP contribution in [0, 0.1) is 10.8 Å². The number of para-hydroxylation sites is 1. The summed E-state index contributed by atoms with van der Waals surface area (Å²) in [5.41, 5.74) is 0.853. The van der Waals surface area contributed by atoms with Crippen molar-refractivity contribution in [2.24, 2.45) is 11.2 Å². The molecule has 0 aliphatic carbocycles. The average Bonchev–Trinajstić information content (AvgIpc) is 2.15. The molecule has 0 atom stereocenters. The summed E-state index contributed by atoms with van der Waals surface area (Å²) < 4.78 is 0. The molecule has 0 spiro atoms. The van der Waals surface area contributed by atoms with Crippen LogP contribution in [-0.2, 0) is 0 Å². The Morgan fingerprint density at radius 3 is 2.38 bits per heavy atom. The van der Waals surface area contributed by atoms with Gasteiger partial charge in [-0.25, -0.2) is 5.01 Å². The first-order chi connectivity index (χ1) is 6.24. The fourth-order valence-electron chi connectivity index (χ4n) is 1.13. The Labute approximate surface area is 78.3 Å². The highest BCUT2D eigenvalue weighted by molar-refractivity contribution is 5.44. The summed E-state index contributed by atoms with van der Waals surface area (Å²) in [6, 6.07) is 9.47. The van der Waals surface area contributed by atoms with Gasteiger partial charge in [0.15, 0.2) is 0 Å². The second-order valence-electron chi connectivity index (χ2n) is 3.39. The van der Waals surface area contributed by atoms with Crippen molar-refractivity contribution in [3.8, 4) is 0 Å². The van der Waals surface area contributed by atoms with Crippen LogP contribution < -0.4 is 5.01 Å². The van der Waals surface area contributed by atoms with Crippen molar-refractivity contribution < 1.29 is 0 Å². The number of hydrogen-bond acceptors (Lipinski definition) is 2. The van der Waals surface area contributed by atoms with Crippen molar-refractivity contribution >= 4 is 5.69 Å². The molecule has 0 fully saturated rings. The van der Waals surface area contributed by atoms with Crippen LogP contribution in [-0.4, -0.2) is 6.54 Å². The van der Waals surface area contributed by atoms with Gasteiger partial charge in [0.1, 0.15) is 0 Å². The molecule has 3 heteroatoms. The zero-order valence-corrected chi connectivity index (χ0v) is 7.97. The first-order valence-electron chi connectivity index (χ1n) is 4.40. The minimum atomic E-state index is 0.429. The largest absolute Gasteiger partial charge is 0.229 e. The van der Waals surface area contributed by atoms with Crippen molar-refractivity contribution in [2.45, 2.75) is 13.8 Å². The van der Waals surface area contributed by atoms with E-state index in [1.54, 1.807) is 0 Å². The minimum absolute atomic E-state index is 0.429. The normalized spacial score (nSPS) is 10.1. The van der Waals surface area contributed by atoms with Gasteiger partial charge < -0.3 is 0 Å². The van der Waals surface area contributed by atoms with E-state index in [4.69, 9.17) is 0 Å². The Kier molecular flexibility index (Phi) is 3.43. The van der Waals surface area contributed by atoms with E-state index < -0.39 is 0 Å². The summed E-state index contributed by atoms with van der Waals surface area (Å²) in [6.45, 7) is 4.77. The maximum Gasteiger partial charge on any atom is 0.0626 e. The van der Waals surface area contributed by atoms with Crippen LogP contribution in [0.4, 0.5) is 5.69 Å². The fraction of sp³-hybridized carbons (Fsp3) is 0.400. The topological polar surface area (TPSA) is 32.7 Å². The SMILES string of the molecule is CC(C)CN(N=O)c1ccccc1. The Morgan fingerprint density at radius 2 is 1.92 bits per heavy atom. The van der Waals surface area contributed by atoms with Gasteiger partial charge in [0.2, 0.25) is 0 Å². The van der Waals surface area contributed by atoms with E-state index in [1.165, 1.54) is 5.01 Å². The number of nitroso groups, excluding NO2 is 1. The highest BCUT2D eigenvalue weighted by atomic mass is 16.3. The van der Waals surface area contributed by atoms with Crippen molar-refractivity contribution in [1.82, 2.24) is 0 Å². The predicted molar refractivity (Wildman–Crippen MR) is 54.4 cm³/mol. The Balaban J connectivity index is 2.73. The van der Waals surface area contributed by atoms with Crippen molar-refractivity contribution in [3.63, 3.8) is 0 Å². The van der Waals surface area contributed by atoms with Crippen LogP contribution in [0.5, 0.6) is 0 Å². The molecule has 0 bridgehead atoms. The first-order valence-corrected chi connectivity index (χ1v) is 4.40. The lowest BCUT2D eigenvalue weighted by atomic mass is 10.2. The summed E-state index contributed by atoms with van der Waals surface area (Å²) in [7, 11) is 0. The summed E-state index contributed by atoms with van der Waals surface area (Å²) in [6.07, 6.45) is 0. The summed E-state index contributed by atoms with van der Waals surface area (Å²) in [4.78, 5) is 10.5. The van der Waals surface area contributed by atoms with Gasteiger partial charge in [-0.05, 0) is 18.1 Å². The standard InChI is InChI=1S/C10H14N2O/c1-9(2)8-12(11-13)10-6-4-3-5-7-10/h3-7,9H,8H2,1-2H3. The Bertz CT molecular complexity index is 259. The lowest BCUT2D eigenvalue weighted by Gasteiger charge is -2.16. The van der Waals surface area contributed by atoms with Crippen LogP contribution in [0.3, 0.4) is 0 Å². The van der Waals surface area contributed by atoms with Crippen LogP contribution in [0.25, 0.3) is 0 Å². The molecule has 3 nitrogen and oxygen atoms in total. The monoisotopic (exact) mass is 178 g/mol. The van der Waals surface area contributed by atoms with Gasteiger partial charge in [-0.2, -0.15) is 0 Å². The molecule has 0 aliphatic rings. The molecular formula is C10H14N2O. The van der Waals surface area contributed by atoms with E-state index in [0.717, 1.165) is 5.69 Å². The van der Waals surface area contributed by atoms with Crippen LogP contribution in [0.15, 0.2) is 35.6 Å². The van der Waals surface area contributed by atoms with Crippen molar-refractivity contribution in [2.75, 3.05) is 11.6 Å². The Hall–Kier alpha value is -1.38. The van der Waals surface area contributed by atoms with Gasteiger partial charge in [-0.15, -0.1) is 4.91 Å². The summed E-state index contributed by atoms with van der Waals surface area (Å²) in [5.74, 6) is 0.429. The van der Waals surface area contributed by atoms with E-state index in [1.807, 2.05) is 30.3 Å². The van der Waals surface area contributed by atoms with Gasteiger partial charge in [0, 0.05) is 6.54 Å². The first kappa shape index (κ1) is 9.71. The van der Waals surface area contributed by atoms with Crippen LogP contribution in [0.2, 0.25) is 0 Å². The number of anilines is 1. The fourth-order valence-corrected chi connectivity index (χ4v) is 1.13. The smallest absolute Gasteiger partial charge is 0.0626 e. The lowest BCUT2D eigenvalue weighted by molar-refractivity contribution is 0.620. The maximum atomic E-state index is 10.5. The van der Waals surface area contributed by atoms with Crippen LogP contribution in [0.1, 0.15) is 13.8 Å². The van der Waals surface area contributed by atoms with Gasteiger partial charge >= 0.3 is 0 Å². The second-order valence-corrected chi connectivity index (χ2v) is 3.39. The molecule has 0 unspecified atom stereocenters. The highest BCUT2D eigenvalue weighted by Crippen LogP contribution is 2.14. The van der Waals surface area contributed by atoms with E-state index in [0.29, 0.717) is 12.5 Å². The molecule has 0 saturated carbocycles. The summed E-state index contributed by atoms with van der Waals surface area (Å²) >= 11 is 0. The zero-order valence-electron chi connectivity index (χ0n) is 7.97. The highest BCUT2D eigenvalue weighted by Gasteiger charge is 2.07. The van der Waals surface area contributed by atoms with E-state index in [2.05, 4.69) is 19.1 Å². The van der Waals surface area contributed by atoms with Crippen LogP contribution >= 0.6 is 0 Å². The molecule has 0 N–H and O–H groups in total. The molecule has 1 rings (SSSR count). The van der Waals surface area contributed by atoms with Gasteiger partial charge in [-0.3, -0.25) is 0 Å². The molecule has 1 aromatic rings. The number of rotatable bonds is 4. The second kappa shape index (κ2) is 4.60. The third-order valence-corrected chi connectivity index (χ3v) is 1.69. The van der Waals surface area contributed by atoms with Crippen molar-refractivity contribution in [3.05, 3.63) is 35.2 Å². The Morgan fingerprint density at radius 1 is 1.31 bits per heavy atom. The quantitative estimate of drug-likeness (QED) is 0.524. The number of benzene rings is 1. The van der Waals surface area contributed by atoms with Gasteiger partial charge in [0.25, 0.3) is 0 Å². The van der Waals surface area contributed by atoms with Gasteiger partial charge in [0.05, 0.1) is 11.0 Å². The molecule has 0 radical (unpaired) electrons. The third-order valence-electron chi connectivity index (χ3n) is 1.69. The third kappa shape index (κ3) is 2.86. The van der Waals surface area contributed by atoms with Crippen molar-refractivity contribution in [1.29, 1.82) is 0 Å². The van der Waals surface area contributed by atoms with Gasteiger partial charge in [-0.1, -0.05) is 32.0 Å². The van der Waals surface area contributed by atoms with E-state index >= 15 is 0 Å². The lowest BCUT2D eigenvalue weighted by Crippen LogP contribution is -2.20. The molecule has 70 valence electrons. The molecule has 1 aromatic carbocycles. The minimum Gasteiger partial charge on any atom is -0.229 e. The molecule has 0 aromatic heterocycles. The number of hydrogen-bond donors (Lipinski definition) is 0. The molecule has 0 heterocycles. The predicted octanol–water partition coefficient (Wildman–Crippen LogP) is 2.83. The molecule has 13 heavy (non-hydrogen) atoms. The molecule has 0 aliphatic heterocycles. The zero-order chi connectivity index (χ0) is 9.68. The maximum absolute atomic E-state index is 10.5.